The van der Waals surface area contributed by atoms with Crippen molar-refractivity contribution in [2.45, 2.75) is 31.9 Å². The Hall–Kier alpha value is -2.59. The van der Waals surface area contributed by atoms with E-state index in [9.17, 15) is 5.11 Å². The molecule has 0 aliphatic heterocycles. The van der Waals surface area contributed by atoms with E-state index in [1.807, 2.05) is 36.4 Å². The molecular formula is C21H22N2O2. The lowest BCUT2D eigenvalue weighted by molar-refractivity contribution is 0.156. The number of aryl methyl sites for hydroxylation is 1. The normalized spacial score (nSPS) is 16.5. The highest BCUT2D eigenvalue weighted by Gasteiger charge is 2.25. The summed E-state index contributed by atoms with van der Waals surface area (Å²) in [5.41, 5.74) is 5.07. The number of benzene rings is 2. The van der Waals surface area contributed by atoms with Crippen molar-refractivity contribution in [1.82, 2.24) is 4.98 Å². The van der Waals surface area contributed by atoms with Crippen molar-refractivity contribution in [3.63, 3.8) is 0 Å². The summed E-state index contributed by atoms with van der Waals surface area (Å²) in [6, 6.07) is 16.2. The van der Waals surface area contributed by atoms with Crippen molar-refractivity contribution in [3.05, 3.63) is 65.4 Å². The highest BCUT2D eigenvalue weighted by Crippen LogP contribution is 2.39. The van der Waals surface area contributed by atoms with Crippen LogP contribution in [0.4, 0.5) is 5.69 Å². The van der Waals surface area contributed by atoms with Crippen LogP contribution < -0.4 is 10.1 Å². The maximum atomic E-state index is 10.6. The van der Waals surface area contributed by atoms with E-state index in [2.05, 4.69) is 17.4 Å². The molecule has 0 bridgehead atoms. The second kappa shape index (κ2) is 6.73. The van der Waals surface area contributed by atoms with E-state index in [1.54, 1.807) is 7.11 Å². The summed E-state index contributed by atoms with van der Waals surface area (Å²) in [5, 5.41) is 15.2. The topological polar surface area (TPSA) is 54.4 Å². The number of nitrogens with one attached hydrogen (secondary N) is 1. The smallest absolute Gasteiger partial charge is 0.119 e. The maximum Gasteiger partial charge on any atom is 0.119 e. The van der Waals surface area contributed by atoms with Crippen LogP contribution in [0.5, 0.6) is 5.75 Å². The first kappa shape index (κ1) is 15.9. The number of aliphatic hydroxyl groups is 1. The fourth-order valence-corrected chi connectivity index (χ4v) is 3.57. The molecule has 4 rings (SSSR count). The van der Waals surface area contributed by atoms with Crippen LogP contribution in [0.2, 0.25) is 0 Å². The van der Waals surface area contributed by atoms with Crippen LogP contribution in [0, 0.1) is 0 Å². The van der Waals surface area contributed by atoms with Crippen LogP contribution in [0.15, 0.2) is 48.5 Å². The van der Waals surface area contributed by atoms with Gasteiger partial charge < -0.3 is 15.2 Å². The zero-order chi connectivity index (χ0) is 17.2. The Morgan fingerprint density at radius 3 is 2.84 bits per heavy atom. The minimum Gasteiger partial charge on any atom is -0.497 e. The van der Waals surface area contributed by atoms with E-state index < -0.39 is 6.10 Å². The Morgan fingerprint density at radius 1 is 1.20 bits per heavy atom. The predicted molar refractivity (Wildman–Crippen MR) is 100.0 cm³/mol. The number of aromatic nitrogens is 1. The standard InChI is InChI=1S/C21H22N2O2/c1-25-15-10-11-17-16(12-15)21(22-13-14-6-3-2-4-7-14)20-18(23-17)8-5-9-19(20)24/h2-4,6-7,10-12,19,24H,5,8-9,13H2,1H3,(H,22,23). The van der Waals surface area contributed by atoms with Crippen molar-refractivity contribution >= 4 is 16.6 Å². The quantitative estimate of drug-likeness (QED) is 0.750. The zero-order valence-electron chi connectivity index (χ0n) is 14.3. The van der Waals surface area contributed by atoms with Gasteiger partial charge in [-0.05, 0) is 43.0 Å². The maximum absolute atomic E-state index is 10.6. The van der Waals surface area contributed by atoms with Crippen molar-refractivity contribution in [1.29, 1.82) is 0 Å². The Balaban J connectivity index is 1.84. The molecule has 0 amide bonds. The van der Waals surface area contributed by atoms with Crippen LogP contribution >= 0.6 is 0 Å². The summed E-state index contributed by atoms with van der Waals surface area (Å²) in [4.78, 5) is 4.80. The molecule has 4 nitrogen and oxygen atoms in total. The highest BCUT2D eigenvalue weighted by atomic mass is 16.5. The first-order valence-corrected chi connectivity index (χ1v) is 8.72. The predicted octanol–water partition coefficient (Wildman–Crippen LogP) is 4.23. The number of methoxy groups -OCH3 is 1. The molecule has 1 aromatic heterocycles. The molecule has 1 unspecified atom stereocenters. The lowest BCUT2D eigenvalue weighted by atomic mass is 9.90. The van der Waals surface area contributed by atoms with E-state index in [4.69, 9.17) is 9.72 Å². The van der Waals surface area contributed by atoms with Crippen LogP contribution in [0.25, 0.3) is 10.9 Å². The van der Waals surface area contributed by atoms with Crippen LogP contribution in [0.3, 0.4) is 0 Å². The largest absolute Gasteiger partial charge is 0.497 e. The van der Waals surface area contributed by atoms with Gasteiger partial charge in [-0.25, -0.2) is 0 Å². The van der Waals surface area contributed by atoms with Crippen molar-refractivity contribution in [2.75, 3.05) is 12.4 Å². The molecule has 4 heteroatoms. The summed E-state index contributed by atoms with van der Waals surface area (Å²) in [6.45, 7) is 0.705. The van der Waals surface area contributed by atoms with Crippen molar-refractivity contribution in [3.8, 4) is 5.75 Å². The molecule has 3 aromatic rings. The van der Waals surface area contributed by atoms with Gasteiger partial charge in [-0.1, -0.05) is 30.3 Å². The monoisotopic (exact) mass is 334 g/mol. The molecule has 1 aliphatic carbocycles. The Bertz CT molecular complexity index is 893. The lowest BCUT2D eigenvalue weighted by Gasteiger charge is -2.26. The third kappa shape index (κ3) is 3.05. The number of pyridine rings is 1. The van der Waals surface area contributed by atoms with E-state index in [0.717, 1.165) is 52.9 Å². The molecule has 0 fully saturated rings. The van der Waals surface area contributed by atoms with Crippen molar-refractivity contribution in [2.24, 2.45) is 0 Å². The molecule has 0 saturated heterocycles. The van der Waals surface area contributed by atoms with E-state index in [0.29, 0.717) is 6.54 Å². The third-order valence-electron chi connectivity index (χ3n) is 4.85. The lowest BCUT2D eigenvalue weighted by Crippen LogP contribution is -2.15. The van der Waals surface area contributed by atoms with Gasteiger partial charge in [-0.15, -0.1) is 0 Å². The fraction of sp³-hybridized carbons (Fsp3) is 0.286. The van der Waals surface area contributed by atoms with Crippen LogP contribution in [0.1, 0.15) is 35.8 Å². The summed E-state index contributed by atoms with van der Waals surface area (Å²) >= 11 is 0. The van der Waals surface area contributed by atoms with Crippen LogP contribution in [-0.2, 0) is 13.0 Å². The molecule has 128 valence electrons. The number of anilines is 1. The minimum atomic E-state index is -0.467. The SMILES string of the molecule is COc1ccc2nc3c(c(NCc4ccccc4)c2c1)C(O)CCC3. The number of fused-ring (bicyclic) bond motifs is 2. The molecule has 0 saturated carbocycles. The molecular weight excluding hydrogens is 312 g/mol. The average Bonchev–Trinajstić information content (AvgIpc) is 2.66. The highest BCUT2D eigenvalue weighted by molar-refractivity contribution is 5.94. The third-order valence-corrected chi connectivity index (χ3v) is 4.85. The zero-order valence-corrected chi connectivity index (χ0v) is 14.3. The molecule has 0 spiro atoms. The number of aliphatic hydroxyl groups excluding tert-OH is 1. The van der Waals surface area contributed by atoms with Gasteiger partial charge in [0.2, 0.25) is 0 Å². The van der Waals surface area contributed by atoms with E-state index >= 15 is 0 Å². The fourth-order valence-electron chi connectivity index (χ4n) is 3.57. The number of ether oxygens (including phenoxy) is 1. The summed E-state index contributed by atoms with van der Waals surface area (Å²) < 4.78 is 5.39. The van der Waals surface area contributed by atoms with E-state index in [-0.39, 0.29) is 0 Å². The van der Waals surface area contributed by atoms with Gasteiger partial charge in [-0.3, -0.25) is 4.98 Å². The Morgan fingerprint density at radius 2 is 2.04 bits per heavy atom. The summed E-state index contributed by atoms with van der Waals surface area (Å²) in [7, 11) is 1.67. The molecule has 1 aliphatic rings. The van der Waals surface area contributed by atoms with E-state index in [1.165, 1.54) is 5.56 Å². The van der Waals surface area contributed by atoms with Crippen LogP contribution in [-0.4, -0.2) is 17.2 Å². The number of hydrogen-bond acceptors (Lipinski definition) is 4. The van der Waals surface area contributed by atoms with Crippen molar-refractivity contribution < 1.29 is 9.84 Å². The van der Waals surface area contributed by atoms with Gasteiger partial charge in [0.25, 0.3) is 0 Å². The molecule has 1 atom stereocenters. The second-order valence-electron chi connectivity index (χ2n) is 6.48. The van der Waals surface area contributed by atoms with Gasteiger partial charge in [0, 0.05) is 23.2 Å². The molecule has 0 radical (unpaired) electrons. The minimum absolute atomic E-state index is 0.467. The summed E-state index contributed by atoms with van der Waals surface area (Å²) in [6.07, 6.45) is 2.20. The number of hydrogen-bond donors (Lipinski definition) is 2. The summed E-state index contributed by atoms with van der Waals surface area (Å²) in [5.74, 6) is 0.794. The second-order valence-corrected chi connectivity index (χ2v) is 6.48. The van der Waals surface area contributed by atoms with Gasteiger partial charge in [0.15, 0.2) is 0 Å². The molecule has 25 heavy (non-hydrogen) atoms. The first-order valence-electron chi connectivity index (χ1n) is 8.72. The van der Waals surface area contributed by atoms with Gasteiger partial charge in [-0.2, -0.15) is 0 Å². The Kier molecular flexibility index (Phi) is 4.28. The average molecular weight is 334 g/mol. The number of rotatable bonds is 4. The molecule has 2 aromatic carbocycles. The first-order chi connectivity index (χ1) is 12.3. The molecule has 2 N–H and O–H groups in total. The van der Waals surface area contributed by atoms with Gasteiger partial charge in [0.05, 0.1) is 24.4 Å². The van der Waals surface area contributed by atoms with Gasteiger partial charge >= 0.3 is 0 Å². The van der Waals surface area contributed by atoms with Gasteiger partial charge in [0.1, 0.15) is 5.75 Å². The Labute approximate surface area is 147 Å². The molecule has 1 heterocycles. The number of nitrogens with zero attached hydrogens (tertiary/aromatic N) is 1.